The minimum absolute atomic E-state index is 0.212. The largest absolute Gasteiger partial charge is 0.497 e. The Balaban J connectivity index is 1.43. The van der Waals surface area contributed by atoms with Crippen LogP contribution in [-0.2, 0) is 0 Å². The summed E-state index contributed by atoms with van der Waals surface area (Å²) in [7, 11) is 3.13. The number of methoxy groups -OCH3 is 2. The molecule has 0 unspecified atom stereocenters. The molecule has 1 aliphatic carbocycles. The van der Waals surface area contributed by atoms with Gasteiger partial charge in [0.05, 0.1) is 14.2 Å². The van der Waals surface area contributed by atoms with Gasteiger partial charge in [0.2, 0.25) is 0 Å². The maximum absolute atomic E-state index is 15.9. The average Bonchev–Trinajstić information content (AvgIpc) is 3.59. The lowest BCUT2D eigenvalue weighted by molar-refractivity contribution is -0.254. The molecular weight excluding hydrogens is 691 g/mol. The van der Waals surface area contributed by atoms with E-state index in [1.165, 1.54) is 26.8 Å². The molecule has 258 valence electrons. The molecule has 0 spiro atoms. The van der Waals surface area contributed by atoms with Gasteiger partial charge in [-0.3, -0.25) is 0 Å². The fourth-order valence-corrected chi connectivity index (χ4v) is 8.37. The number of thiophene rings is 2. The van der Waals surface area contributed by atoms with Crippen LogP contribution >= 0.6 is 22.7 Å². The van der Waals surface area contributed by atoms with Gasteiger partial charge >= 0.3 is 17.8 Å². The predicted octanol–water partition coefficient (Wildman–Crippen LogP) is 12.6. The third kappa shape index (κ3) is 5.98. The SMILES string of the molecule is COc1ccc(C=CC=Cc2ccc3c(C4=C(c5c(C)sc(C=Cc6ccc(OC)cc6)c5C)C(F)(F)C(F)(F)C4(F)F)c(C)sc3c2)cc1. The number of ether oxygens (including phenoxy) is 2. The molecule has 0 atom stereocenters. The third-order valence-electron chi connectivity index (χ3n) is 8.76. The number of allylic oxidation sites excluding steroid dienone is 4. The Kier molecular flexibility index (Phi) is 9.39. The topological polar surface area (TPSA) is 18.5 Å². The van der Waals surface area contributed by atoms with Crippen LogP contribution in [0.5, 0.6) is 11.5 Å². The lowest BCUT2D eigenvalue weighted by atomic mass is 9.91. The maximum atomic E-state index is 15.9. The van der Waals surface area contributed by atoms with Gasteiger partial charge in [-0.15, -0.1) is 22.7 Å². The van der Waals surface area contributed by atoms with E-state index in [0.29, 0.717) is 15.3 Å². The van der Waals surface area contributed by atoms with Gasteiger partial charge in [0.25, 0.3) is 0 Å². The average molecular weight is 723 g/mol. The summed E-state index contributed by atoms with van der Waals surface area (Å²) < 4.78 is 105. The second-order valence-corrected chi connectivity index (χ2v) is 14.4. The molecule has 0 amide bonds. The monoisotopic (exact) mass is 722 g/mol. The highest BCUT2D eigenvalue weighted by Crippen LogP contribution is 2.66. The fourth-order valence-electron chi connectivity index (χ4n) is 6.18. The molecule has 2 aromatic heterocycles. The number of hydrogen-bond donors (Lipinski definition) is 0. The van der Waals surface area contributed by atoms with Crippen LogP contribution < -0.4 is 9.47 Å². The normalized spacial score (nSPS) is 16.9. The minimum Gasteiger partial charge on any atom is -0.497 e. The van der Waals surface area contributed by atoms with Crippen molar-refractivity contribution < 1.29 is 35.8 Å². The van der Waals surface area contributed by atoms with E-state index in [1.54, 1.807) is 62.8 Å². The van der Waals surface area contributed by atoms with E-state index < -0.39 is 28.9 Å². The van der Waals surface area contributed by atoms with Crippen LogP contribution in [-0.4, -0.2) is 32.0 Å². The molecule has 0 saturated heterocycles. The summed E-state index contributed by atoms with van der Waals surface area (Å²) in [5.41, 5.74) is -0.507. The molecule has 0 radical (unpaired) electrons. The van der Waals surface area contributed by atoms with Crippen molar-refractivity contribution in [2.75, 3.05) is 14.2 Å². The van der Waals surface area contributed by atoms with E-state index in [4.69, 9.17) is 9.47 Å². The molecule has 10 heteroatoms. The Morgan fingerprint density at radius 3 is 1.60 bits per heavy atom. The quantitative estimate of drug-likeness (QED) is 0.111. The molecule has 5 aromatic rings. The van der Waals surface area contributed by atoms with Crippen molar-refractivity contribution in [2.45, 2.75) is 38.5 Å². The molecule has 0 bridgehead atoms. The first kappa shape index (κ1) is 35.3. The fraction of sp³-hybridized carbons (Fsp3) is 0.200. The van der Waals surface area contributed by atoms with E-state index in [9.17, 15) is 0 Å². The standard InChI is InChI=1S/C40H32F6O2S2/c1-23-32(21-15-27-12-18-30(48-5)19-13-27)49-24(2)34(23)36-37(39(43,44)40(45,46)38(36,41)42)35-25(3)50-33-22-28(14-20-31(33)35)9-7-6-8-26-10-16-29(47-4)17-11-26/h6-22H,1-5H3. The number of halogens is 6. The van der Waals surface area contributed by atoms with Crippen molar-refractivity contribution >= 4 is 68.2 Å². The maximum Gasteiger partial charge on any atom is 0.380 e. The Bertz CT molecular complexity index is 2180. The van der Waals surface area contributed by atoms with Crippen LogP contribution in [0.2, 0.25) is 0 Å². The summed E-state index contributed by atoms with van der Waals surface area (Å²) in [6.45, 7) is 4.49. The van der Waals surface area contributed by atoms with Crippen molar-refractivity contribution in [1.29, 1.82) is 0 Å². The molecule has 2 heterocycles. The minimum atomic E-state index is -5.65. The number of benzene rings is 3. The smallest absolute Gasteiger partial charge is 0.380 e. The van der Waals surface area contributed by atoms with Gasteiger partial charge in [0.15, 0.2) is 0 Å². The molecule has 50 heavy (non-hydrogen) atoms. The first-order chi connectivity index (χ1) is 23.7. The van der Waals surface area contributed by atoms with Crippen molar-refractivity contribution in [2.24, 2.45) is 0 Å². The van der Waals surface area contributed by atoms with Crippen molar-refractivity contribution in [3.05, 3.63) is 127 Å². The van der Waals surface area contributed by atoms with Gasteiger partial charge < -0.3 is 9.47 Å². The van der Waals surface area contributed by atoms with Crippen LogP contribution in [0.1, 0.15) is 48.0 Å². The van der Waals surface area contributed by atoms with Crippen molar-refractivity contribution in [3.8, 4) is 11.5 Å². The third-order valence-corrected chi connectivity index (χ3v) is 11.0. The number of alkyl halides is 6. The second-order valence-electron chi connectivity index (χ2n) is 11.9. The Morgan fingerprint density at radius 2 is 1.04 bits per heavy atom. The molecule has 3 aromatic carbocycles. The first-order valence-electron chi connectivity index (χ1n) is 15.5. The van der Waals surface area contributed by atoms with Gasteiger partial charge in [-0.2, -0.15) is 26.3 Å². The highest BCUT2D eigenvalue weighted by Gasteiger charge is 2.80. The van der Waals surface area contributed by atoms with Gasteiger partial charge in [-0.25, -0.2) is 0 Å². The summed E-state index contributed by atoms with van der Waals surface area (Å²) in [5.74, 6) is -14.5. The lowest BCUT2D eigenvalue weighted by Gasteiger charge is -2.26. The van der Waals surface area contributed by atoms with Gasteiger partial charge in [0.1, 0.15) is 11.5 Å². The highest BCUT2D eigenvalue weighted by molar-refractivity contribution is 7.19. The van der Waals surface area contributed by atoms with Crippen LogP contribution in [0.15, 0.2) is 78.9 Å². The van der Waals surface area contributed by atoms with E-state index in [2.05, 4.69) is 0 Å². The van der Waals surface area contributed by atoms with Gasteiger partial charge in [-0.1, -0.05) is 66.8 Å². The number of rotatable bonds is 9. The lowest BCUT2D eigenvalue weighted by Crippen LogP contribution is -2.49. The number of fused-ring (bicyclic) bond motifs is 1. The highest BCUT2D eigenvalue weighted by atomic mass is 32.1. The zero-order valence-corrected chi connectivity index (χ0v) is 29.3. The Hall–Kier alpha value is -4.54. The summed E-state index contributed by atoms with van der Waals surface area (Å²) in [5, 5.41) is 0.212. The zero-order valence-electron chi connectivity index (χ0n) is 27.7. The van der Waals surface area contributed by atoms with Crippen LogP contribution in [0.3, 0.4) is 0 Å². The van der Waals surface area contributed by atoms with Gasteiger partial charge in [0, 0.05) is 47.0 Å². The molecule has 0 aliphatic heterocycles. The first-order valence-corrected chi connectivity index (χ1v) is 17.2. The van der Waals surface area contributed by atoms with Crippen LogP contribution in [0.25, 0.3) is 45.5 Å². The summed E-state index contributed by atoms with van der Waals surface area (Å²) in [6.07, 6.45) is 10.8. The van der Waals surface area contributed by atoms with Crippen LogP contribution in [0, 0.1) is 20.8 Å². The molecule has 1 aliphatic rings. The molecular formula is C40H32F6O2S2. The van der Waals surface area contributed by atoms with E-state index >= 15 is 26.3 Å². The van der Waals surface area contributed by atoms with Gasteiger partial charge in [-0.05, 0) is 79.4 Å². The Morgan fingerprint density at radius 1 is 0.560 bits per heavy atom. The zero-order chi connectivity index (χ0) is 36.0. The Labute approximate surface area is 294 Å². The molecule has 2 nitrogen and oxygen atoms in total. The molecule has 0 N–H and O–H groups in total. The van der Waals surface area contributed by atoms with E-state index in [0.717, 1.165) is 45.1 Å². The summed E-state index contributed by atoms with van der Waals surface area (Å²) in [4.78, 5) is 0.982. The molecule has 0 saturated carbocycles. The second kappa shape index (κ2) is 13.3. The molecule has 0 fully saturated rings. The van der Waals surface area contributed by atoms with E-state index in [-0.39, 0.29) is 31.8 Å². The molecule has 6 rings (SSSR count). The number of aryl methyl sites for hydroxylation is 2. The summed E-state index contributed by atoms with van der Waals surface area (Å²) >= 11 is 2.19. The summed E-state index contributed by atoms with van der Waals surface area (Å²) in [6, 6.07) is 19.5. The number of hydrogen-bond acceptors (Lipinski definition) is 4. The predicted molar refractivity (Wildman–Crippen MR) is 195 cm³/mol. The van der Waals surface area contributed by atoms with Crippen LogP contribution in [0.4, 0.5) is 26.3 Å². The van der Waals surface area contributed by atoms with E-state index in [1.807, 2.05) is 48.6 Å². The van der Waals surface area contributed by atoms with Crippen molar-refractivity contribution in [3.63, 3.8) is 0 Å². The van der Waals surface area contributed by atoms with Crippen molar-refractivity contribution in [1.82, 2.24) is 0 Å².